The molecule has 1 fully saturated rings. The van der Waals surface area contributed by atoms with Crippen LogP contribution >= 0.6 is 0 Å². The number of nitrogens with zero attached hydrogens (tertiary/aromatic N) is 1. The maximum absolute atomic E-state index is 14.5. The third-order valence-electron chi connectivity index (χ3n) is 6.00. The van der Waals surface area contributed by atoms with E-state index in [2.05, 4.69) is 5.32 Å². The highest BCUT2D eigenvalue weighted by Crippen LogP contribution is 2.33. The Hall–Kier alpha value is -3.10. The van der Waals surface area contributed by atoms with E-state index in [0.29, 0.717) is 17.7 Å². The molecule has 2 aromatic rings. The van der Waals surface area contributed by atoms with Crippen molar-refractivity contribution in [3.8, 4) is 5.75 Å². The predicted octanol–water partition coefficient (Wildman–Crippen LogP) is 4.48. The zero-order valence-electron chi connectivity index (χ0n) is 18.5. The molecule has 1 aliphatic heterocycles. The number of alkyl halides is 3. The van der Waals surface area contributed by atoms with Crippen molar-refractivity contribution in [2.75, 3.05) is 14.2 Å². The van der Waals surface area contributed by atoms with Crippen molar-refractivity contribution in [2.24, 2.45) is 0 Å². The van der Waals surface area contributed by atoms with E-state index in [0.717, 1.165) is 6.07 Å². The van der Waals surface area contributed by atoms with Crippen molar-refractivity contribution in [3.05, 3.63) is 65.0 Å². The Morgan fingerprint density at radius 2 is 1.91 bits per heavy atom. The van der Waals surface area contributed by atoms with Gasteiger partial charge in [0.2, 0.25) is 11.8 Å². The number of carbonyl (C=O) groups is 2. The van der Waals surface area contributed by atoms with Crippen LogP contribution in [0.25, 0.3) is 0 Å². The first-order chi connectivity index (χ1) is 15.5. The minimum atomic E-state index is -4.51. The van der Waals surface area contributed by atoms with Gasteiger partial charge in [-0.1, -0.05) is 24.3 Å². The summed E-state index contributed by atoms with van der Waals surface area (Å²) in [7, 11) is 2.88. The van der Waals surface area contributed by atoms with E-state index >= 15 is 0 Å². The lowest BCUT2D eigenvalue weighted by Crippen LogP contribution is -2.44. The number of halogens is 4. The van der Waals surface area contributed by atoms with Crippen molar-refractivity contribution < 1.29 is 31.9 Å². The van der Waals surface area contributed by atoms with E-state index in [1.54, 1.807) is 12.1 Å². The molecule has 2 aromatic carbocycles. The van der Waals surface area contributed by atoms with Crippen LogP contribution in [0.2, 0.25) is 0 Å². The zero-order chi connectivity index (χ0) is 24.2. The smallest absolute Gasteiger partial charge is 0.416 e. The van der Waals surface area contributed by atoms with Gasteiger partial charge >= 0.3 is 6.18 Å². The number of nitrogens with one attached hydrogen (secondary N) is 1. The van der Waals surface area contributed by atoms with Crippen molar-refractivity contribution in [1.29, 1.82) is 0 Å². The topological polar surface area (TPSA) is 58.6 Å². The Kier molecular flexibility index (Phi) is 7.29. The lowest BCUT2D eigenvalue weighted by atomic mass is 9.84. The molecule has 33 heavy (non-hydrogen) atoms. The molecule has 0 bridgehead atoms. The fourth-order valence-corrected chi connectivity index (χ4v) is 4.16. The molecule has 3 rings (SSSR count). The molecule has 1 atom stereocenters. The molecule has 1 N–H and O–H groups in total. The quantitative estimate of drug-likeness (QED) is 0.584. The van der Waals surface area contributed by atoms with Gasteiger partial charge in [-0.3, -0.25) is 9.59 Å². The highest BCUT2D eigenvalue weighted by atomic mass is 19.4. The highest BCUT2D eigenvalue weighted by molar-refractivity contribution is 5.80. The van der Waals surface area contributed by atoms with Crippen LogP contribution in [0, 0.1) is 5.82 Å². The summed E-state index contributed by atoms with van der Waals surface area (Å²) < 4.78 is 59.3. The molecule has 2 amide bonds. The SMILES string of the molecule is COc1ccc(C[C@@]2(CCC(=O)N(C)Cc3ccccc3C(F)(F)F)CCC(=O)N2)c(F)c1. The van der Waals surface area contributed by atoms with Gasteiger partial charge in [0, 0.05) is 38.0 Å². The zero-order valence-corrected chi connectivity index (χ0v) is 18.5. The fraction of sp³-hybridized carbons (Fsp3) is 0.417. The second kappa shape index (κ2) is 9.80. The maximum Gasteiger partial charge on any atom is 0.416 e. The van der Waals surface area contributed by atoms with Crippen LogP contribution in [-0.2, 0) is 28.7 Å². The van der Waals surface area contributed by atoms with E-state index in [-0.39, 0.29) is 49.6 Å². The third-order valence-corrected chi connectivity index (χ3v) is 6.00. The van der Waals surface area contributed by atoms with Crippen LogP contribution in [0.1, 0.15) is 42.4 Å². The molecule has 1 heterocycles. The fourth-order valence-electron chi connectivity index (χ4n) is 4.16. The van der Waals surface area contributed by atoms with E-state index < -0.39 is 23.1 Å². The molecule has 9 heteroatoms. The summed E-state index contributed by atoms with van der Waals surface area (Å²) in [4.78, 5) is 25.9. The number of methoxy groups -OCH3 is 1. The monoisotopic (exact) mass is 466 g/mol. The largest absolute Gasteiger partial charge is 0.497 e. The van der Waals surface area contributed by atoms with Crippen LogP contribution in [-0.4, -0.2) is 36.4 Å². The molecule has 1 saturated heterocycles. The van der Waals surface area contributed by atoms with Gasteiger partial charge in [0.15, 0.2) is 0 Å². The van der Waals surface area contributed by atoms with Gasteiger partial charge in [-0.15, -0.1) is 0 Å². The second-order valence-electron chi connectivity index (χ2n) is 8.37. The van der Waals surface area contributed by atoms with Crippen LogP contribution in [0.15, 0.2) is 42.5 Å². The molecule has 0 radical (unpaired) electrons. The van der Waals surface area contributed by atoms with E-state index in [9.17, 15) is 27.2 Å². The van der Waals surface area contributed by atoms with Gasteiger partial charge in [-0.05, 0) is 42.5 Å². The number of hydrogen-bond acceptors (Lipinski definition) is 3. The molecule has 0 aliphatic carbocycles. The second-order valence-corrected chi connectivity index (χ2v) is 8.37. The van der Waals surface area contributed by atoms with Crippen molar-refractivity contribution in [2.45, 2.75) is 50.4 Å². The summed E-state index contributed by atoms with van der Waals surface area (Å²) in [5.74, 6) is -0.634. The molecule has 0 unspecified atom stereocenters. The number of rotatable bonds is 8. The summed E-state index contributed by atoms with van der Waals surface area (Å²) in [5, 5.41) is 2.89. The van der Waals surface area contributed by atoms with Gasteiger partial charge in [0.05, 0.1) is 12.7 Å². The van der Waals surface area contributed by atoms with Crippen LogP contribution in [0.4, 0.5) is 17.6 Å². The first kappa shape index (κ1) is 24.5. The molecule has 0 saturated carbocycles. The molecular formula is C24H26F4N2O3. The van der Waals surface area contributed by atoms with Crippen molar-refractivity contribution in [1.82, 2.24) is 10.2 Å². The number of carbonyl (C=O) groups excluding carboxylic acids is 2. The van der Waals surface area contributed by atoms with Crippen LogP contribution in [0.5, 0.6) is 5.75 Å². The molecule has 1 aliphatic rings. The molecular weight excluding hydrogens is 440 g/mol. The molecule has 0 aromatic heterocycles. The molecule has 5 nitrogen and oxygen atoms in total. The van der Waals surface area contributed by atoms with Crippen LogP contribution in [0.3, 0.4) is 0 Å². The first-order valence-electron chi connectivity index (χ1n) is 10.6. The lowest BCUT2D eigenvalue weighted by molar-refractivity contribution is -0.139. The number of amides is 2. The van der Waals surface area contributed by atoms with Gasteiger partial charge in [0.25, 0.3) is 0 Å². The Labute approximate surface area is 189 Å². The Morgan fingerprint density at radius 1 is 1.18 bits per heavy atom. The van der Waals surface area contributed by atoms with Crippen molar-refractivity contribution >= 4 is 11.8 Å². The number of benzene rings is 2. The van der Waals surface area contributed by atoms with Crippen molar-refractivity contribution in [3.63, 3.8) is 0 Å². The van der Waals surface area contributed by atoms with Gasteiger partial charge in [-0.25, -0.2) is 4.39 Å². The average molecular weight is 466 g/mol. The minimum absolute atomic E-state index is 0.00272. The van der Waals surface area contributed by atoms with Gasteiger partial charge in [0.1, 0.15) is 11.6 Å². The molecule has 0 spiro atoms. The van der Waals surface area contributed by atoms with E-state index in [1.807, 2.05) is 0 Å². The minimum Gasteiger partial charge on any atom is -0.497 e. The summed E-state index contributed by atoms with van der Waals surface area (Å²) in [6, 6.07) is 9.60. The third kappa shape index (κ3) is 6.03. The Balaban J connectivity index is 1.69. The Morgan fingerprint density at radius 3 is 2.52 bits per heavy atom. The normalized spacial score (nSPS) is 18.2. The Bertz CT molecular complexity index is 1030. The maximum atomic E-state index is 14.5. The van der Waals surface area contributed by atoms with E-state index in [1.165, 1.54) is 43.3 Å². The molecule has 178 valence electrons. The van der Waals surface area contributed by atoms with Gasteiger partial charge < -0.3 is 15.0 Å². The predicted molar refractivity (Wildman–Crippen MR) is 114 cm³/mol. The summed E-state index contributed by atoms with van der Waals surface area (Å²) in [6.45, 7) is -0.193. The summed E-state index contributed by atoms with van der Waals surface area (Å²) in [5.41, 5.74) is -1.19. The summed E-state index contributed by atoms with van der Waals surface area (Å²) >= 11 is 0. The lowest BCUT2D eigenvalue weighted by Gasteiger charge is -2.30. The first-order valence-corrected chi connectivity index (χ1v) is 10.6. The standard InChI is InChI=1S/C24H26F4N2O3/c1-30(15-17-5-3-4-6-19(17)24(26,27)28)22(32)10-12-23(11-9-21(31)29-23)14-16-7-8-18(33-2)13-20(16)25/h3-8,13H,9-12,14-15H2,1-2H3,(H,29,31)/t23-/m0/s1. The highest BCUT2D eigenvalue weighted by Gasteiger charge is 2.39. The average Bonchev–Trinajstić information content (AvgIpc) is 3.13. The van der Waals surface area contributed by atoms with Gasteiger partial charge in [-0.2, -0.15) is 13.2 Å². The number of ether oxygens (including phenoxy) is 1. The number of hydrogen-bond donors (Lipinski definition) is 1. The van der Waals surface area contributed by atoms with E-state index in [4.69, 9.17) is 4.74 Å². The van der Waals surface area contributed by atoms with Crippen LogP contribution < -0.4 is 10.1 Å². The summed E-state index contributed by atoms with van der Waals surface area (Å²) in [6.07, 6.45) is -3.37.